The van der Waals surface area contributed by atoms with Crippen molar-refractivity contribution in [3.8, 4) is 11.5 Å². The summed E-state index contributed by atoms with van der Waals surface area (Å²) in [6.07, 6.45) is 1.10. The van der Waals surface area contributed by atoms with Gasteiger partial charge in [0, 0.05) is 19.6 Å². The number of primary amides is 1. The molecule has 7 nitrogen and oxygen atoms in total. The van der Waals surface area contributed by atoms with E-state index in [-0.39, 0.29) is 31.4 Å². The second-order valence-electron chi connectivity index (χ2n) is 5.85. The molecule has 0 spiro atoms. The fourth-order valence-corrected chi connectivity index (χ4v) is 3.25. The molecule has 10 heteroatoms. The first-order valence-electron chi connectivity index (χ1n) is 8.38. The quantitative estimate of drug-likeness (QED) is 0.323. The molecule has 3 N–H and O–H groups in total. The number of hydrogen-bond acceptors (Lipinski definition) is 6. The van der Waals surface area contributed by atoms with E-state index in [1.54, 1.807) is 7.11 Å². The first-order chi connectivity index (χ1) is 12.1. The molecule has 0 radical (unpaired) electrons. The lowest BCUT2D eigenvalue weighted by Crippen LogP contribution is -3.00. The maximum absolute atomic E-state index is 10.9. The van der Waals surface area contributed by atoms with Crippen molar-refractivity contribution in [2.75, 3.05) is 53.1 Å². The number of nitrogens with two attached hydrogens (primary N) is 1. The maximum atomic E-state index is 10.9. The molecule has 0 aliphatic carbocycles. The van der Waals surface area contributed by atoms with Crippen molar-refractivity contribution in [1.82, 2.24) is 10.2 Å². The van der Waals surface area contributed by atoms with Crippen LogP contribution in [0.1, 0.15) is 12.0 Å². The van der Waals surface area contributed by atoms with E-state index >= 15 is 0 Å². The van der Waals surface area contributed by atoms with Crippen molar-refractivity contribution >= 4 is 21.8 Å². The zero-order valence-electron chi connectivity index (χ0n) is 15.3. The molecule has 0 atom stereocenters. The lowest BCUT2D eigenvalue weighted by Gasteiger charge is -2.26. The molecule has 0 aromatic heterocycles. The van der Waals surface area contributed by atoms with Crippen LogP contribution in [0.3, 0.4) is 0 Å². The minimum absolute atomic E-state index is 0. The second kappa shape index (κ2) is 14.3. The summed E-state index contributed by atoms with van der Waals surface area (Å²) in [4.78, 5) is 13.3. The van der Waals surface area contributed by atoms with Gasteiger partial charge in [0.05, 0.1) is 24.8 Å². The number of amides is 1. The monoisotopic (exact) mass is 485 g/mol. The molecule has 2 rings (SSSR count). The van der Waals surface area contributed by atoms with E-state index in [1.165, 1.54) is 0 Å². The van der Waals surface area contributed by atoms with Crippen LogP contribution in [0.4, 0.5) is 0 Å². The van der Waals surface area contributed by atoms with E-state index < -0.39 is 5.91 Å². The number of nitrogens with zero attached hydrogens (tertiary/aromatic N) is 1. The van der Waals surface area contributed by atoms with Crippen LogP contribution in [0, 0.1) is 0 Å². The summed E-state index contributed by atoms with van der Waals surface area (Å²) in [7, 11) is 1.57. The fraction of sp³-hybridized carbons (Fsp3) is 0.588. The number of methoxy groups -OCH3 is 1. The van der Waals surface area contributed by atoms with Crippen molar-refractivity contribution in [2.24, 2.45) is 5.73 Å². The van der Waals surface area contributed by atoms with E-state index in [1.807, 2.05) is 12.1 Å². The van der Waals surface area contributed by atoms with Gasteiger partial charge in [0.2, 0.25) is 0 Å². The van der Waals surface area contributed by atoms with Gasteiger partial charge >= 0.3 is 0 Å². The van der Waals surface area contributed by atoms with Crippen LogP contribution in [-0.4, -0.2) is 63.9 Å². The maximum Gasteiger partial charge on any atom is 0.255 e. The molecule has 1 aliphatic rings. The molecule has 0 saturated carbocycles. The number of hydrogen-bond donors (Lipinski definition) is 2. The zero-order chi connectivity index (χ0) is 18.1. The standard InChI is InChI=1S/C17H26BrN3O4.2ClH/c1-23-15-10-13(9-14(18)17(15)25-12-16(19)22)11-20-3-2-4-21-5-7-24-8-6-21;;/h9-10,20H,2-8,11-12H2,1H3,(H2,19,22);2*1H/p-2. The summed E-state index contributed by atoms with van der Waals surface area (Å²) < 4.78 is 16.8. The van der Waals surface area contributed by atoms with E-state index in [0.717, 1.165) is 62.4 Å². The van der Waals surface area contributed by atoms with E-state index in [4.69, 9.17) is 19.9 Å². The summed E-state index contributed by atoms with van der Waals surface area (Å²) in [6, 6.07) is 3.85. The van der Waals surface area contributed by atoms with E-state index in [2.05, 4.69) is 26.1 Å². The second-order valence-corrected chi connectivity index (χ2v) is 6.70. The highest BCUT2D eigenvalue weighted by molar-refractivity contribution is 9.10. The molecule has 1 saturated heterocycles. The largest absolute Gasteiger partial charge is 1.00 e. The van der Waals surface area contributed by atoms with Gasteiger partial charge in [-0.25, -0.2) is 0 Å². The van der Waals surface area contributed by atoms with Crippen LogP contribution in [-0.2, 0) is 16.1 Å². The summed E-state index contributed by atoms with van der Waals surface area (Å²) >= 11 is 3.46. The number of nitrogens with one attached hydrogen (secondary N) is 1. The molecule has 1 fully saturated rings. The smallest absolute Gasteiger partial charge is 0.255 e. The SMILES string of the molecule is COc1cc(CNCCCN2CCOCC2)cc(Br)c1OCC(N)=O.[Cl-].[Cl-]. The number of morpholine rings is 1. The molecule has 1 amide bonds. The van der Waals surface area contributed by atoms with Crippen molar-refractivity contribution in [3.05, 3.63) is 22.2 Å². The molecule has 27 heavy (non-hydrogen) atoms. The van der Waals surface area contributed by atoms with Gasteiger partial charge in [-0.1, -0.05) is 0 Å². The Morgan fingerprint density at radius 1 is 1.33 bits per heavy atom. The van der Waals surface area contributed by atoms with Gasteiger partial charge < -0.3 is 50.1 Å². The first-order valence-corrected chi connectivity index (χ1v) is 9.17. The lowest BCUT2D eigenvalue weighted by atomic mass is 10.2. The molecule has 1 heterocycles. The highest BCUT2D eigenvalue weighted by Gasteiger charge is 2.13. The van der Waals surface area contributed by atoms with Gasteiger partial charge in [-0.15, -0.1) is 0 Å². The van der Waals surface area contributed by atoms with Crippen molar-refractivity contribution in [1.29, 1.82) is 0 Å². The molecular formula is C17H26BrCl2N3O4-2. The lowest BCUT2D eigenvalue weighted by molar-refractivity contribution is -0.120. The highest BCUT2D eigenvalue weighted by atomic mass is 79.9. The van der Waals surface area contributed by atoms with Gasteiger partial charge in [-0.2, -0.15) is 0 Å². The summed E-state index contributed by atoms with van der Waals surface area (Å²) in [5, 5.41) is 3.44. The third kappa shape index (κ3) is 9.32. The molecule has 1 aliphatic heterocycles. The number of halogens is 3. The molecule has 0 unspecified atom stereocenters. The van der Waals surface area contributed by atoms with Crippen molar-refractivity contribution < 1.29 is 43.8 Å². The van der Waals surface area contributed by atoms with Crippen LogP contribution >= 0.6 is 15.9 Å². The molecule has 1 aromatic rings. The Bertz CT molecular complexity index is 575. The van der Waals surface area contributed by atoms with E-state index in [0.29, 0.717) is 11.5 Å². The summed E-state index contributed by atoms with van der Waals surface area (Å²) in [6.45, 7) is 6.30. The van der Waals surface area contributed by atoms with Gasteiger partial charge in [0.1, 0.15) is 0 Å². The van der Waals surface area contributed by atoms with Gasteiger partial charge in [0.15, 0.2) is 18.1 Å². The molecule has 156 valence electrons. The number of ether oxygens (including phenoxy) is 3. The summed E-state index contributed by atoms with van der Waals surface area (Å²) in [5.74, 6) is 0.526. The van der Waals surface area contributed by atoms with Crippen LogP contribution in [0.25, 0.3) is 0 Å². The highest BCUT2D eigenvalue weighted by Crippen LogP contribution is 2.36. The fourth-order valence-electron chi connectivity index (χ4n) is 2.64. The minimum atomic E-state index is -0.528. The minimum Gasteiger partial charge on any atom is -1.00 e. The van der Waals surface area contributed by atoms with Crippen molar-refractivity contribution in [2.45, 2.75) is 13.0 Å². The third-order valence-electron chi connectivity index (χ3n) is 3.91. The Kier molecular flexibility index (Phi) is 13.9. The molecule has 0 bridgehead atoms. The van der Waals surface area contributed by atoms with Gasteiger partial charge in [-0.05, 0) is 53.1 Å². The molecule has 1 aromatic carbocycles. The molecular weight excluding hydrogens is 461 g/mol. The third-order valence-corrected chi connectivity index (χ3v) is 4.50. The Morgan fingerprint density at radius 2 is 2.04 bits per heavy atom. The van der Waals surface area contributed by atoms with Crippen LogP contribution in [0.2, 0.25) is 0 Å². The average Bonchev–Trinajstić information content (AvgIpc) is 2.60. The predicted molar refractivity (Wildman–Crippen MR) is 99.0 cm³/mol. The Hall–Kier alpha value is -0.770. The van der Waals surface area contributed by atoms with Gasteiger partial charge in [-0.3, -0.25) is 9.69 Å². The Morgan fingerprint density at radius 3 is 2.67 bits per heavy atom. The Labute approximate surface area is 181 Å². The van der Waals surface area contributed by atoms with Gasteiger partial charge in [0.25, 0.3) is 5.91 Å². The topological polar surface area (TPSA) is 86.1 Å². The van der Waals surface area contributed by atoms with E-state index in [9.17, 15) is 4.79 Å². The van der Waals surface area contributed by atoms with Crippen LogP contribution in [0.15, 0.2) is 16.6 Å². The first kappa shape index (κ1) is 26.2. The average molecular weight is 487 g/mol. The van der Waals surface area contributed by atoms with Crippen molar-refractivity contribution in [3.63, 3.8) is 0 Å². The predicted octanol–water partition coefficient (Wildman–Crippen LogP) is -4.86. The Balaban J connectivity index is 0.00000338. The van der Waals surface area contributed by atoms with Crippen LogP contribution in [0.5, 0.6) is 11.5 Å². The number of carbonyl (C=O) groups excluding carboxylic acids is 1. The number of rotatable bonds is 10. The summed E-state index contributed by atoms with van der Waals surface area (Å²) in [5.41, 5.74) is 6.19. The number of benzene rings is 1. The zero-order valence-corrected chi connectivity index (χ0v) is 18.4. The van der Waals surface area contributed by atoms with Crippen LogP contribution < -0.4 is 45.3 Å². The number of carbonyl (C=O) groups is 1. The normalized spacial score (nSPS) is 14.0.